The molecule has 0 aliphatic carbocycles. The average Bonchev–Trinajstić information content (AvgIpc) is 2.75. The molecule has 0 bridgehead atoms. The smallest absolute Gasteiger partial charge is 0.320 e. The first kappa shape index (κ1) is 32.8. The predicted octanol–water partition coefficient (Wildman–Crippen LogP) is 9.23. The van der Waals surface area contributed by atoms with Gasteiger partial charge in [0.2, 0.25) is 0 Å². The molecular formula is C28H59NO3P+. The highest BCUT2D eigenvalue weighted by molar-refractivity contribution is 7.53. The Hall–Kier alpha value is -0.150. The van der Waals surface area contributed by atoms with E-state index in [1.165, 1.54) is 96.3 Å². The quantitative estimate of drug-likeness (QED) is 0.0637. The van der Waals surface area contributed by atoms with Crippen molar-refractivity contribution in [3.05, 3.63) is 12.2 Å². The Morgan fingerprint density at radius 2 is 1.12 bits per heavy atom. The molecule has 0 saturated carbocycles. The van der Waals surface area contributed by atoms with Gasteiger partial charge in [0.15, 0.2) is 5.78 Å². The van der Waals surface area contributed by atoms with Gasteiger partial charge in [-0.15, -0.1) is 0 Å². The maximum absolute atomic E-state index is 12.7. The van der Waals surface area contributed by atoms with Crippen molar-refractivity contribution in [2.75, 3.05) is 27.7 Å². The van der Waals surface area contributed by atoms with Crippen molar-refractivity contribution >= 4 is 7.60 Å². The number of hydrogen-bond acceptors (Lipinski definition) is 2. The van der Waals surface area contributed by atoms with Crippen molar-refractivity contribution in [3.8, 4) is 0 Å². The highest BCUT2D eigenvalue weighted by atomic mass is 31.2. The molecule has 0 radical (unpaired) electrons. The highest BCUT2D eigenvalue weighted by Crippen LogP contribution is 2.51. The third kappa shape index (κ3) is 19.8. The fourth-order valence-electron chi connectivity index (χ4n) is 4.41. The molecule has 0 aromatic heterocycles. The Morgan fingerprint density at radius 1 is 0.697 bits per heavy atom. The molecule has 0 heterocycles. The summed E-state index contributed by atoms with van der Waals surface area (Å²) in [5.41, 5.74) is 0. The number of unbranched alkanes of at least 4 members (excludes halogenated alkanes) is 15. The number of quaternary nitrogens is 1. The molecule has 0 aromatic carbocycles. The molecule has 0 spiro atoms. The van der Waals surface area contributed by atoms with Gasteiger partial charge in [0, 0.05) is 6.42 Å². The average molecular weight is 489 g/mol. The van der Waals surface area contributed by atoms with E-state index in [-0.39, 0.29) is 5.78 Å². The zero-order chi connectivity index (χ0) is 24.8. The maximum Gasteiger partial charge on any atom is 0.385 e. The lowest BCUT2D eigenvalue weighted by molar-refractivity contribution is -0.883. The van der Waals surface area contributed by atoms with Crippen LogP contribution in [0.25, 0.3) is 0 Å². The van der Waals surface area contributed by atoms with Gasteiger partial charge in [-0.05, 0) is 38.5 Å². The molecule has 0 fully saturated rings. The maximum atomic E-state index is 12.7. The van der Waals surface area contributed by atoms with Gasteiger partial charge in [-0.3, -0.25) is 4.57 Å². The number of nitrogens with zero attached hydrogens (tertiary/aromatic N) is 1. The van der Waals surface area contributed by atoms with Crippen LogP contribution in [0, 0.1) is 0 Å². The zero-order valence-electron chi connectivity index (χ0n) is 23.0. The summed E-state index contributed by atoms with van der Waals surface area (Å²) in [7, 11) is 2.35. The summed E-state index contributed by atoms with van der Waals surface area (Å²) in [4.78, 5) is 10.4. The van der Waals surface area contributed by atoms with Crippen LogP contribution in [0.1, 0.15) is 136 Å². The van der Waals surface area contributed by atoms with E-state index in [0.29, 0.717) is 17.5 Å². The molecule has 4 nitrogen and oxygen atoms in total. The second-order valence-electron chi connectivity index (χ2n) is 10.8. The molecule has 1 N–H and O–H groups in total. The lowest BCUT2D eigenvalue weighted by Crippen LogP contribution is -2.45. The number of allylic oxidation sites excluding steroid dienone is 2. The normalized spacial score (nSPS) is 15.2. The van der Waals surface area contributed by atoms with Crippen molar-refractivity contribution in [1.29, 1.82) is 0 Å². The van der Waals surface area contributed by atoms with Crippen molar-refractivity contribution in [1.82, 2.24) is 0 Å². The van der Waals surface area contributed by atoms with E-state index in [1.807, 2.05) is 21.1 Å². The van der Waals surface area contributed by atoms with Crippen LogP contribution in [-0.2, 0) is 9.09 Å². The lowest BCUT2D eigenvalue weighted by Gasteiger charge is -2.35. The molecule has 0 aromatic rings. The van der Waals surface area contributed by atoms with Crippen LogP contribution in [0.2, 0.25) is 0 Å². The van der Waals surface area contributed by atoms with Crippen LogP contribution in [-0.4, -0.2) is 42.9 Å². The van der Waals surface area contributed by atoms with E-state index in [0.717, 1.165) is 19.3 Å². The molecule has 0 saturated heterocycles. The Kier molecular flexibility index (Phi) is 21.1. The first-order valence-corrected chi connectivity index (χ1v) is 15.8. The zero-order valence-corrected chi connectivity index (χ0v) is 23.9. The SMILES string of the molecule is CCCCCCCCCC/C=C\CCCCCCCCCOP(=O)(O)C(CCC)[N+](C)(C)C. The van der Waals surface area contributed by atoms with E-state index in [1.54, 1.807) is 0 Å². The number of hydrogen-bond donors (Lipinski definition) is 1. The summed E-state index contributed by atoms with van der Waals surface area (Å²) in [5.74, 6) is -0.336. The van der Waals surface area contributed by atoms with E-state index in [2.05, 4.69) is 26.0 Å². The molecule has 0 aliphatic rings. The Morgan fingerprint density at radius 3 is 1.55 bits per heavy atom. The van der Waals surface area contributed by atoms with Crippen molar-refractivity contribution < 1.29 is 18.5 Å². The molecule has 5 heteroatoms. The lowest BCUT2D eigenvalue weighted by atomic mass is 10.1. The monoisotopic (exact) mass is 488 g/mol. The van der Waals surface area contributed by atoms with Crippen molar-refractivity contribution in [2.24, 2.45) is 0 Å². The molecule has 33 heavy (non-hydrogen) atoms. The minimum Gasteiger partial charge on any atom is -0.320 e. The second kappa shape index (κ2) is 21.2. The molecule has 2 unspecified atom stereocenters. The summed E-state index contributed by atoms with van der Waals surface area (Å²) in [6.45, 7) is 4.73. The predicted molar refractivity (Wildman–Crippen MR) is 146 cm³/mol. The van der Waals surface area contributed by atoms with Gasteiger partial charge in [-0.25, -0.2) is 0 Å². The van der Waals surface area contributed by atoms with Gasteiger partial charge in [0.05, 0.1) is 27.7 Å². The van der Waals surface area contributed by atoms with E-state index < -0.39 is 7.60 Å². The van der Waals surface area contributed by atoms with E-state index >= 15 is 0 Å². The van der Waals surface area contributed by atoms with Crippen LogP contribution in [0.5, 0.6) is 0 Å². The minimum atomic E-state index is -3.57. The summed E-state index contributed by atoms with van der Waals surface area (Å²) in [5, 5.41) is 0. The van der Waals surface area contributed by atoms with Crippen LogP contribution in [0.15, 0.2) is 12.2 Å². The van der Waals surface area contributed by atoms with Crippen LogP contribution in [0.3, 0.4) is 0 Å². The second-order valence-corrected chi connectivity index (χ2v) is 12.8. The van der Waals surface area contributed by atoms with E-state index in [4.69, 9.17) is 4.52 Å². The molecule has 198 valence electrons. The summed E-state index contributed by atoms with van der Waals surface area (Å²) in [6, 6.07) is 0. The van der Waals surface area contributed by atoms with Crippen molar-refractivity contribution in [3.63, 3.8) is 0 Å². The Labute approximate surface area is 207 Å². The fourth-order valence-corrected chi connectivity index (χ4v) is 6.43. The molecule has 0 rings (SSSR count). The molecule has 0 amide bonds. The van der Waals surface area contributed by atoms with Gasteiger partial charge in [0.25, 0.3) is 0 Å². The topological polar surface area (TPSA) is 46.5 Å². The fraction of sp³-hybridized carbons (Fsp3) is 0.929. The third-order valence-corrected chi connectivity index (χ3v) is 8.76. The van der Waals surface area contributed by atoms with Gasteiger partial charge >= 0.3 is 7.60 Å². The Balaban J connectivity index is 3.52. The highest BCUT2D eigenvalue weighted by Gasteiger charge is 2.41. The molecule has 2 atom stereocenters. The van der Waals surface area contributed by atoms with Crippen molar-refractivity contribution in [2.45, 2.75) is 142 Å². The van der Waals surface area contributed by atoms with E-state index in [9.17, 15) is 9.46 Å². The largest absolute Gasteiger partial charge is 0.385 e. The molecule has 0 aliphatic heterocycles. The van der Waals surface area contributed by atoms with Crippen LogP contribution >= 0.6 is 7.60 Å². The number of rotatable bonds is 24. The van der Waals surface area contributed by atoms with Crippen LogP contribution < -0.4 is 0 Å². The summed E-state index contributed by atoms with van der Waals surface area (Å²) < 4.78 is 18.6. The summed E-state index contributed by atoms with van der Waals surface area (Å²) >= 11 is 0. The minimum absolute atomic E-state index is 0.336. The third-order valence-electron chi connectivity index (χ3n) is 6.50. The van der Waals surface area contributed by atoms with Gasteiger partial charge in [0.1, 0.15) is 0 Å². The van der Waals surface area contributed by atoms with Gasteiger partial charge in [-0.2, -0.15) is 0 Å². The Bertz CT molecular complexity index is 502. The van der Waals surface area contributed by atoms with Gasteiger partial charge < -0.3 is 13.9 Å². The summed E-state index contributed by atoms with van der Waals surface area (Å²) in [6.07, 6.45) is 28.4. The van der Waals surface area contributed by atoms with Crippen LogP contribution in [0.4, 0.5) is 0 Å². The first-order valence-electron chi connectivity index (χ1n) is 14.2. The first-order chi connectivity index (χ1) is 15.8. The van der Waals surface area contributed by atoms with Gasteiger partial charge in [-0.1, -0.05) is 103 Å². The molecular weight excluding hydrogens is 429 g/mol. The standard InChI is InChI=1S/C28H58NO3P/c1-6-8-9-10-11-12-13-14-15-16-17-18-19-20-21-22-23-24-25-27-32-33(30,31)28(26-7-2)29(3,4)5/h16-17,28H,6-15,18-27H2,1-5H3/p+1/b17-16-.